The van der Waals surface area contributed by atoms with Crippen molar-refractivity contribution in [2.45, 2.75) is 13.0 Å². The molecule has 0 saturated carbocycles. The lowest BCUT2D eigenvalue weighted by Crippen LogP contribution is -2.42. The average Bonchev–Trinajstić information content (AvgIpc) is 2.69. The zero-order chi connectivity index (χ0) is 19.1. The minimum Gasteiger partial charge on any atom is -0.486 e. The fourth-order valence-electron chi connectivity index (χ4n) is 2.48. The summed E-state index contributed by atoms with van der Waals surface area (Å²) in [6, 6.07) is 14.7. The first kappa shape index (κ1) is 18.6. The molecule has 0 radical (unpaired) electrons. The van der Waals surface area contributed by atoms with Gasteiger partial charge in [0.15, 0.2) is 24.7 Å². The number of carbonyl (C=O) groups excluding carboxylic acids is 2. The molecule has 1 heterocycles. The van der Waals surface area contributed by atoms with E-state index in [0.717, 1.165) is 5.56 Å². The summed E-state index contributed by atoms with van der Waals surface area (Å²) < 4.78 is 21.5. The standard InChI is InChI=1S/C20H21NO6/c1-14-5-4-6-15(9-14)24-13-20(23)26-12-19(22)21-10-16-11-25-17-7-2-3-8-18(17)27-16/h2-9,16H,10-13H2,1H3,(H,21,22). The van der Waals surface area contributed by atoms with Crippen LogP contribution in [0.5, 0.6) is 17.2 Å². The summed E-state index contributed by atoms with van der Waals surface area (Å²) in [6.07, 6.45) is -0.302. The molecule has 1 aliphatic rings. The van der Waals surface area contributed by atoms with Gasteiger partial charge in [0.25, 0.3) is 5.91 Å². The minimum absolute atomic E-state index is 0.254. The Morgan fingerprint density at radius 2 is 1.93 bits per heavy atom. The molecule has 0 spiro atoms. The predicted octanol–water partition coefficient (Wildman–Crippen LogP) is 1.87. The number of hydrogen-bond acceptors (Lipinski definition) is 6. The highest BCUT2D eigenvalue weighted by Gasteiger charge is 2.21. The second-order valence-corrected chi connectivity index (χ2v) is 6.07. The van der Waals surface area contributed by atoms with Crippen LogP contribution in [0.1, 0.15) is 5.56 Å². The number of hydrogen-bond donors (Lipinski definition) is 1. The van der Waals surface area contributed by atoms with Crippen LogP contribution < -0.4 is 19.5 Å². The Morgan fingerprint density at radius 1 is 1.11 bits per heavy atom. The van der Waals surface area contributed by atoms with Gasteiger partial charge in [0, 0.05) is 0 Å². The Balaban J connectivity index is 1.33. The number of esters is 1. The molecule has 0 fully saturated rings. The molecule has 0 aromatic heterocycles. The highest BCUT2D eigenvalue weighted by molar-refractivity contribution is 5.80. The van der Waals surface area contributed by atoms with Gasteiger partial charge in [-0.15, -0.1) is 0 Å². The third-order valence-electron chi connectivity index (χ3n) is 3.80. The molecule has 7 heteroatoms. The van der Waals surface area contributed by atoms with Gasteiger partial charge in [-0.1, -0.05) is 24.3 Å². The van der Waals surface area contributed by atoms with Crippen molar-refractivity contribution in [2.75, 3.05) is 26.4 Å². The largest absolute Gasteiger partial charge is 0.486 e. The zero-order valence-corrected chi connectivity index (χ0v) is 15.0. The lowest BCUT2D eigenvalue weighted by Gasteiger charge is -2.26. The van der Waals surface area contributed by atoms with Crippen LogP contribution in [0.2, 0.25) is 0 Å². The van der Waals surface area contributed by atoms with Crippen LogP contribution >= 0.6 is 0 Å². The molecule has 0 saturated heterocycles. The number of aryl methyl sites for hydroxylation is 1. The number of para-hydroxylation sites is 2. The normalized spacial score (nSPS) is 14.9. The Labute approximate surface area is 157 Å². The molecule has 142 valence electrons. The van der Waals surface area contributed by atoms with E-state index in [4.69, 9.17) is 18.9 Å². The maximum absolute atomic E-state index is 11.8. The van der Waals surface area contributed by atoms with Crippen molar-refractivity contribution in [2.24, 2.45) is 0 Å². The van der Waals surface area contributed by atoms with E-state index in [1.165, 1.54) is 0 Å². The molecule has 27 heavy (non-hydrogen) atoms. The third-order valence-corrected chi connectivity index (χ3v) is 3.80. The van der Waals surface area contributed by atoms with Crippen molar-refractivity contribution in [3.05, 3.63) is 54.1 Å². The van der Waals surface area contributed by atoms with Crippen LogP contribution in [0.4, 0.5) is 0 Å². The number of benzene rings is 2. The van der Waals surface area contributed by atoms with Gasteiger partial charge in [-0.25, -0.2) is 4.79 Å². The Kier molecular flexibility index (Phi) is 6.14. The average molecular weight is 371 g/mol. The first-order valence-electron chi connectivity index (χ1n) is 8.60. The van der Waals surface area contributed by atoms with Gasteiger partial charge in [-0.3, -0.25) is 4.79 Å². The van der Waals surface area contributed by atoms with E-state index in [0.29, 0.717) is 23.9 Å². The van der Waals surface area contributed by atoms with Gasteiger partial charge < -0.3 is 24.3 Å². The third kappa shape index (κ3) is 5.64. The summed E-state index contributed by atoms with van der Waals surface area (Å²) in [6.45, 7) is 1.88. The van der Waals surface area contributed by atoms with Crippen LogP contribution in [-0.2, 0) is 14.3 Å². The first-order chi connectivity index (χ1) is 13.1. The molecule has 0 bridgehead atoms. The van der Waals surface area contributed by atoms with Crippen LogP contribution in [0.3, 0.4) is 0 Å². The topological polar surface area (TPSA) is 83.1 Å². The lowest BCUT2D eigenvalue weighted by atomic mass is 10.2. The monoisotopic (exact) mass is 371 g/mol. The van der Waals surface area contributed by atoms with E-state index < -0.39 is 11.9 Å². The summed E-state index contributed by atoms with van der Waals surface area (Å²) in [4.78, 5) is 23.5. The van der Waals surface area contributed by atoms with E-state index in [9.17, 15) is 9.59 Å². The van der Waals surface area contributed by atoms with Crippen molar-refractivity contribution in [3.63, 3.8) is 0 Å². The van der Waals surface area contributed by atoms with E-state index in [1.54, 1.807) is 12.1 Å². The van der Waals surface area contributed by atoms with Gasteiger partial charge in [0.05, 0.1) is 6.54 Å². The van der Waals surface area contributed by atoms with Crippen molar-refractivity contribution < 1.29 is 28.5 Å². The fraction of sp³-hybridized carbons (Fsp3) is 0.300. The number of rotatable bonds is 7. The molecule has 1 amide bonds. The first-order valence-corrected chi connectivity index (χ1v) is 8.60. The van der Waals surface area contributed by atoms with Crippen LogP contribution in [0, 0.1) is 6.92 Å². The Hall–Kier alpha value is -3.22. The number of fused-ring (bicyclic) bond motifs is 1. The molecule has 3 rings (SSSR count). The molecule has 7 nitrogen and oxygen atoms in total. The quantitative estimate of drug-likeness (QED) is 0.748. The minimum atomic E-state index is -0.613. The van der Waals surface area contributed by atoms with Gasteiger partial charge >= 0.3 is 5.97 Å². The maximum Gasteiger partial charge on any atom is 0.344 e. The summed E-state index contributed by atoms with van der Waals surface area (Å²) in [5.74, 6) is 0.871. The maximum atomic E-state index is 11.8. The van der Waals surface area contributed by atoms with E-state index in [1.807, 2.05) is 43.3 Å². The van der Waals surface area contributed by atoms with Gasteiger partial charge in [0.2, 0.25) is 0 Å². The highest BCUT2D eigenvalue weighted by Crippen LogP contribution is 2.30. The number of ether oxygens (including phenoxy) is 4. The molecule has 1 unspecified atom stereocenters. The summed E-state index contributed by atoms with van der Waals surface area (Å²) in [7, 11) is 0. The van der Waals surface area contributed by atoms with E-state index in [2.05, 4.69) is 5.32 Å². The van der Waals surface area contributed by atoms with E-state index in [-0.39, 0.29) is 25.9 Å². The second kappa shape index (κ2) is 8.93. The number of carbonyl (C=O) groups is 2. The van der Waals surface area contributed by atoms with Crippen molar-refractivity contribution >= 4 is 11.9 Å². The SMILES string of the molecule is Cc1cccc(OCC(=O)OCC(=O)NCC2COc3ccccc3O2)c1. The van der Waals surface area contributed by atoms with Crippen LogP contribution in [0.15, 0.2) is 48.5 Å². The van der Waals surface area contributed by atoms with Crippen molar-refractivity contribution in [1.29, 1.82) is 0 Å². The van der Waals surface area contributed by atoms with Gasteiger partial charge in [0.1, 0.15) is 18.5 Å². The van der Waals surface area contributed by atoms with E-state index >= 15 is 0 Å². The lowest BCUT2D eigenvalue weighted by molar-refractivity contribution is -0.150. The number of nitrogens with one attached hydrogen (secondary N) is 1. The molecule has 1 atom stereocenters. The Morgan fingerprint density at radius 3 is 2.74 bits per heavy atom. The van der Waals surface area contributed by atoms with Crippen LogP contribution in [-0.4, -0.2) is 44.3 Å². The molecular weight excluding hydrogens is 350 g/mol. The molecule has 1 N–H and O–H groups in total. The van der Waals surface area contributed by atoms with Crippen molar-refractivity contribution in [1.82, 2.24) is 5.32 Å². The molecule has 2 aromatic carbocycles. The highest BCUT2D eigenvalue weighted by atomic mass is 16.6. The van der Waals surface area contributed by atoms with Gasteiger partial charge in [-0.05, 0) is 36.8 Å². The Bertz CT molecular complexity index is 807. The van der Waals surface area contributed by atoms with Crippen molar-refractivity contribution in [3.8, 4) is 17.2 Å². The fourth-order valence-corrected chi connectivity index (χ4v) is 2.48. The molecule has 2 aromatic rings. The molecule has 1 aliphatic heterocycles. The van der Waals surface area contributed by atoms with Crippen LogP contribution in [0.25, 0.3) is 0 Å². The smallest absolute Gasteiger partial charge is 0.344 e. The number of amides is 1. The molecule has 0 aliphatic carbocycles. The summed E-state index contributed by atoms with van der Waals surface area (Å²) in [5.41, 5.74) is 1.02. The summed E-state index contributed by atoms with van der Waals surface area (Å²) in [5, 5.41) is 2.66. The zero-order valence-electron chi connectivity index (χ0n) is 15.0. The second-order valence-electron chi connectivity index (χ2n) is 6.07. The molecular formula is C20H21NO6. The predicted molar refractivity (Wildman–Crippen MR) is 97.0 cm³/mol. The summed E-state index contributed by atoms with van der Waals surface area (Å²) >= 11 is 0. The van der Waals surface area contributed by atoms with Gasteiger partial charge in [-0.2, -0.15) is 0 Å².